The number of carbonyl (C=O) groups is 2. The van der Waals surface area contributed by atoms with Crippen LogP contribution in [0.5, 0.6) is 0 Å². The Balaban J connectivity index is 1.69. The summed E-state index contributed by atoms with van der Waals surface area (Å²) >= 11 is 0. The molecule has 26 heavy (non-hydrogen) atoms. The Bertz CT molecular complexity index is 599. The molecule has 1 aliphatic heterocycles. The highest BCUT2D eigenvalue weighted by Gasteiger charge is 2.21. The lowest BCUT2D eigenvalue weighted by Crippen LogP contribution is -2.51. The summed E-state index contributed by atoms with van der Waals surface area (Å²) in [6, 6.07) is 6.12. The zero-order valence-corrected chi connectivity index (χ0v) is 15.6. The first-order valence-corrected chi connectivity index (χ1v) is 9.29. The highest BCUT2D eigenvalue weighted by atomic mass is 19.1. The average molecular weight is 364 g/mol. The first kappa shape index (κ1) is 20.3. The van der Waals surface area contributed by atoms with E-state index in [0.717, 1.165) is 39.0 Å². The molecule has 0 bridgehead atoms. The van der Waals surface area contributed by atoms with Gasteiger partial charge in [-0.2, -0.15) is 0 Å². The maximum absolute atomic E-state index is 13.1. The second kappa shape index (κ2) is 10.2. The van der Waals surface area contributed by atoms with E-state index in [9.17, 15) is 14.0 Å². The van der Waals surface area contributed by atoms with E-state index in [2.05, 4.69) is 29.4 Å². The molecule has 0 spiro atoms. The quantitative estimate of drug-likeness (QED) is 0.737. The lowest BCUT2D eigenvalue weighted by molar-refractivity contribution is -0.124. The summed E-state index contributed by atoms with van der Waals surface area (Å²) in [4.78, 5) is 28.3. The number of rotatable bonds is 8. The van der Waals surface area contributed by atoms with Crippen LogP contribution < -0.4 is 10.6 Å². The van der Waals surface area contributed by atoms with Gasteiger partial charge in [0.2, 0.25) is 11.8 Å². The summed E-state index contributed by atoms with van der Waals surface area (Å²) in [5.41, 5.74) is 0.465. The Morgan fingerprint density at radius 1 is 1.04 bits per heavy atom. The van der Waals surface area contributed by atoms with Crippen molar-refractivity contribution in [1.82, 2.24) is 15.1 Å². The van der Waals surface area contributed by atoms with Crippen LogP contribution in [0.2, 0.25) is 0 Å². The van der Waals surface area contributed by atoms with Gasteiger partial charge in [0.25, 0.3) is 0 Å². The predicted octanol–water partition coefficient (Wildman–Crippen LogP) is 1.69. The Labute approximate surface area is 154 Å². The fraction of sp³-hybridized carbons (Fsp3) is 0.579. The van der Waals surface area contributed by atoms with Crippen LogP contribution in [0.4, 0.5) is 10.1 Å². The van der Waals surface area contributed by atoms with E-state index in [-0.39, 0.29) is 30.2 Å². The van der Waals surface area contributed by atoms with Crippen LogP contribution in [0.25, 0.3) is 0 Å². The van der Waals surface area contributed by atoms with E-state index >= 15 is 0 Å². The summed E-state index contributed by atoms with van der Waals surface area (Å²) in [6.07, 6.45) is 1.88. The van der Waals surface area contributed by atoms with E-state index in [1.165, 1.54) is 12.1 Å². The average Bonchev–Trinajstić information content (AvgIpc) is 2.61. The number of amides is 2. The molecule has 1 saturated heterocycles. The van der Waals surface area contributed by atoms with Crippen LogP contribution >= 0.6 is 0 Å². The Morgan fingerprint density at radius 2 is 1.62 bits per heavy atom. The van der Waals surface area contributed by atoms with Gasteiger partial charge in [-0.05, 0) is 31.0 Å². The van der Waals surface area contributed by atoms with E-state index < -0.39 is 0 Å². The topological polar surface area (TPSA) is 64.7 Å². The van der Waals surface area contributed by atoms with Crippen molar-refractivity contribution < 1.29 is 14.0 Å². The van der Waals surface area contributed by atoms with E-state index in [0.29, 0.717) is 12.2 Å². The van der Waals surface area contributed by atoms with Gasteiger partial charge >= 0.3 is 0 Å². The fourth-order valence-corrected chi connectivity index (χ4v) is 3.04. The predicted molar refractivity (Wildman–Crippen MR) is 100 cm³/mol. The molecule has 2 N–H and O–H groups in total. The number of carbonyl (C=O) groups excluding carboxylic acids is 2. The zero-order valence-electron chi connectivity index (χ0n) is 15.6. The van der Waals surface area contributed by atoms with Gasteiger partial charge in [0.1, 0.15) is 5.82 Å². The van der Waals surface area contributed by atoms with Gasteiger partial charge in [-0.15, -0.1) is 0 Å². The summed E-state index contributed by atoms with van der Waals surface area (Å²) < 4.78 is 13.1. The van der Waals surface area contributed by atoms with Crippen LogP contribution in [0.15, 0.2) is 24.3 Å². The molecule has 1 aromatic rings. The highest BCUT2D eigenvalue weighted by Crippen LogP contribution is 2.09. The minimum absolute atomic E-state index is 0.0657. The standard InChI is InChI=1S/C19H29FN4O2/c1-3-16(4-2)21-18(25)13-23-8-10-24(11-9-23)14-19(26)22-17-7-5-6-15(20)12-17/h5-7,12,16H,3-4,8-11,13-14H2,1-2H3,(H,21,25)(H,22,26). The minimum Gasteiger partial charge on any atom is -0.352 e. The summed E-state index contributed by atoms with van der Waals surface area (Å²) in [7, 11) is 0. The maximum Gasteiger partial charge on any atom is 0.238 e. The van der Waals surface area contributed by atoms with Gasteiger partial charge in [-0.1, -0.05) is 19.9 Å². The number of benzene rings is 1. The third-order valence-corrected chi connectivity index (χ3v) is 4.66. The van der Waals surface area contributed by atoms with Gasteiger partial charge in [0.05, 0.1) is 13.1 Å². The normalized spacial score (nSPS) is 15.8. The number of halogens is 1. The van der Waals surface area contributed by atoms with Gasteiger partial charge in [-0.25, -0.2) is 4.39 Å². The zero-order chi connectivity index (χ0) is 18.9. The molecule has 2 amide bonds. The first-order chi connectivity index (χ1) is 12.5. The van der Waals surface area contributed by atoms with Crippen molar-refractivity contribution in [2.24, 2.45) is 0 Å². The smallest absolute Gasteiger partial charge is 0.238 e. The number of piperazine rings is 1. The third-order valence-electron chi connectivity index (χ3n) is 4.66. The summed E-state index contributed by atoms with van der Waals surface area (Å²) in [5, 5.41) is 5.76. The van der Waals surface area contributed by atoms with Crippen LogP contribution in [-0.4, -0.2) is 66.9 Å². The van der Waals surface area contributed by atoms with Gasteiger partial charge in [-0.3, -0.25) is 19.4 Å². The molecule has 0 saturated carbocycles. The van der Waals surface area contributed by atoms with Crippen LogP contribution in [0.3, 0.4) is 0 Å². The van der Waals surface area contributed by atoms with Gasteiger partial charge < -0.3 is 10.6 Å². The molecule has 1 aliphatic rings. The number of anilines is 1. The van der Waals surface area contributed by atoms with Crippen molar-refractivity contribution in [3.8, 4) is 0 Å². The Kier molecular flexibility index (Phi) is 8.00. The second-order valence-electron chi connectivity index (χ2n) is 6.69. The van der Waals surface area contributed by atoms with Crippen molar-refractivity contribution >= 4 is 17.5 Å². The molecular weight excluding hydrogens is 335 g/mol. The van der Waals surface area contributed by atoms with Crippen LogP contribution in [-0.2, 0) is 9.59 Å². The Hall–Kier alpha value is -1.99. The summed E-state index contributed by atoms with van der Waals surface area (Å²) in [6.45, 7) is 7.78. The minimum atomic E-state index is -0.372. The fourth-order valence-electron chi connectivity index (χ4n) is 3.04. The number of hydrogen-bond donors (Lipinski definition) is 2. The Morgan fingerprint density at radius 3 is 2.15 bits per heavy atom. The van der Waals surface area contributed by atoms with Crippen molar-refractivity contribution in [3.63, 3.8) is 0 Å². The molecule has 0 atom stereocenters. The number of nitrogens with zero attached hydrogens (tertiary/aromatic N) is 2. The molecule has 0 radical (unpaired) electrons. The summed E-state index contributed by atoms with van der Waals surface area (Å²) in [5.74, 6) is -0.463. The van der Waals surface area contributed by atoms with Crippen LogP contribution in [0, 0.1) is 5.82 Å². The van der Waals surface area contributed by atoms with Gasteiger partial charge in [0.15, 0.2) is 0 Å². The molecule has 144 valence electrons. The SMILES string of the molecule is CCC(CC)NC(=O)CN1CCN(CC(=O)Nc2cccc(F)c2)CC1. The molecular formula is C19H29FN4O2. The lowest BCUT2D eigenvalue weighted by atomic mass is 10.2. The van der Waals surface area contributed by atoms with E-state index in [4.69, 9.17) is 0 Å². The third kappa shape index (κ3) is 6.72. The van der Waals surface area contributed by atoms with Crippen molar-refractivity contribution in [3.05, 3.63) is 30.1 Å². The van der Waals surface area contributed by atoms with Crippen molar-refractivity contribution in [2.45, 2.75) is 32.7 Å². The monoisotopic (exact) mass is 364 g/mol. The molecule has 0 aliphatic carbocycles. The first-order valence-electron chi connectivity index (χ1n) is 9.29. The van der Waals surface area contributed by atoms with Crippen molar-refractivity contribution in [1.29, 1.82) is 0 Å². The maximum atomic E-state index is 13.1. The van der Waals surface area contributed by atoms with E-state index in [1.54, 1.807) is 12.1 Å². The van der Waals surface area contributed by atoms with Gasteiger partial charge in [0, 0.05) is 37.9 Å². The van der Waals surface area contributed by atoms with E-state index in [1.807, 2.05) is 4.90 Å². The molecule has 0 aromatic heterocycles. The molecule has 6 nitrogen and oxygen atoms in total. The van der Waals surface area contributed by atoms with Crippen LogP contribution in [0.1, 0.15) is 26.7 Å². The molecule has 1 aromatic carbocycles. The number of hydrogen-bond acceptors (Lipinski definition) is 4. The molecule has 0 unspecified atom stereocenters. The lowest BCUT2D eigenvalue weighted by Gasteiger charge is -2.34. The largest absolute Gasteiger partial charge is 0.352 e. The highest BCUT2D eigenvalue weighted by molar-refractivity contribution is 5.92. The molecule has 1 heterocycles. The molecule has 7 heteroatoms. The molecule has 2 rings (SSSR count). The van der Waals surface area contributed by atoms with Crippen molar-refractivity contribution in [2.75, 3.05) is 44.6 Å². The second-order valence-corrected chi connectivity index (χ2v) is 6.69. The number of nitrogens with one attached hydrogen (secondary N) is 2. The molecule has 1 fully saturated rings.